The van der Waals surface area contributed by atoms with Crippen LogP contribution in [0.4, 0.5) is 0 Å². The number of aliphatic hydroxyl groups is 2. The third-order valence-corrected chi connectivity index (χ3v) is 17.8. The standard InChI is InChI=1S/C52H77N5O6S/c1-32(40-19-20-41-39-18-17-36-27-37(58)22-24-51(36,6)42(39)23-25-52(40,41)7)12-21-44(60)53-26-10-8-9-11-45(61)56-47(50(3,4)5)49(63)57-30-38(59)28-43(57)48(62)54-29-34-13-15-35(16-14-34)46-33(2)55-31-64-46/h13-17,31-32,37-43,47,58-59H,8-12,18-30H2,1-7H3,(H,53,60)(H,54,62)(H,56,61)/t32-,37+,38-,39+,40-,41+,42+,43?,47-,51+,52-/m1/s1. The number of β-amino-alcohol motifs (C(OH)–C–C–N with tert-alkyl or cyclic N) is 1. The number of fused-ring (bicyclic) bond motifs is 5. The average Bonchev–Trinajstić information content (AvgIpc) is 3.98. The van der Waals surface area contributed by atoms with Gasteiger partial charge in [0.15, 0.2) is 0 Å². The Labute approximate surface area is 386 Å². The highest BCUT2D eigenvalue weighted by Crippen LogP contribution is 2.67. The van der Waals surface area contributed by atoms with Gasteiger partial charge in [-0.25, -0.2) is 4.98 Å². The molecule has 2 aromatic rings. The van der Waals surface area contributed by atoms with Crippen LogP contribution < -0.4 is 16.0 Å². The number of aromatic nitrogens is 1. The van der Waals surface area contributed by atoms with E-state index < -0.39 is 23.6 Å². The maximum Gasteiger partial charge on any atom is 0.246 e. The Hall–Kier alpha value is -3.61. The Kier molecular flexibility index (Phi) is 15.2. The number of thiazole rings is 1. The van der Waals surface area contributed by atoms with Crippen molar-refractivity contribution in [1.82, 2.24) is 25.8 Å². The molecule has 64 heavy (non-hydrogen) atoms. The van der Waals surface area contributed by atoms with Crippen LogP contribution in [0.1, 0.15) is 149 Å². The summed E-state index contributed by atoms with van der Waals surface area (Å²) in [4.78, 5) is 60.6. The quantitative estimate of drug-likeness (QED) is 0.0838. The Bertz CT molecular complexity index is 2010. The van der Waals surface area contributed by atoms with E-state index in [-0.39, 0.29) is 61.1 Å². The molecular weight excluding hydrogens is 823 g/mol. The van der Waals surface area contributed by atoms with E-state index in [9.17, 15) is 29.4 Å². The van der Waals surface area contributed by atoms with Gasteiger partial charge in [0, 0.05) is 38.9 Å². The lowest BCUT2D eigenvalue weighted by Crippen LogP contribution is -2.57. The van der Waals surface area contributed by atoms with Gasteiger partial charge < -0.3 is 31.1 Å². The van der Waals surface area contributed by atoms with Crippen LogP contribution in [0.5, 0.6) is 0 Å². The van der Waals surface area contributed by atoms with E-state index >= 15 is 0 Å². The fourth-order valence-electron chi connectivity index (χ4n) is 13.1. The number of rotatable bonds is 16. The van der Waals surface area contributed by atoms with E-state index in [2.05, 4.69) is 47.8 Å². The summed E-state index contributed by atoms with van der Waals surface area (Å²) in [6.45, 7) is 16.0. The van der Waals surface area contributed by atoms with Gasteiger partial charge in [0.25, 0.3) is 0 Å². The number of aryl methyl sites for hydroxylation is 1. The summed E-state index contributed by atoms with van der Waals surface area (Å²) < 4.78 is 0. The molecule has 4 amide bonds. The second kappa shape index (κ2) is 20.1. The summed E-state index contributed by atoms with van der Waals surface area (Å²) in [5.74, 6) is 2.56. The molecule has 4 fully saturated rings. The van der Waals surface area contributed by atoms with E-state index in [1.165, 1.54) is 42.6 Å². The van der Waals surface area contributed by atoms with Crippen molar-refractivity contribution in [2.45, 2.75) is 176 Å². The number of likely N-dealkylation sites (tertiary alicyclic amines) is 1. The van der Waals surface area contributed by atoms with Gasteiger partial charge in [-0.15, -0.1) is 11.3 Å². The highest BCUT2D eigenvalue weighted by Gasteiger charge is 2.59. The van der Waals surface area contributed by atoms with Crippen molar-refractivity contribution in [3.05, 3.63) is 52.7 Å². The molecular formula is C52H77N5O6S. The lowest BCUT2D eigenvalue weighted by molar-refractivity contribution is -0.144. The van der Waals surface area contributed by atoms with Crippen LogP contribution in [0.2, 0.25) is 0 Å². The van der Waals surface area contributed by atoms with Gasteiger partial charge in [0.1, 0.15) is 12.1 Å². The van der Waals surface area contributed by atoms with Crippen LogP contribution in [0.25, 0.3) is 10.4 Å². The first kappa shape index (κ1) is 48.3. The molecule has 5 aliphatic rings. The minimum atomic E-state index is -0.869. The Morgan fingerprint density at radius 2 is 1.69 bits per heavy atom. The number of carbonyl (C=O) groups is 4. The van der Waals surface area contributed by atoms with Gasteiger partial charge in [0.2, 0.25) is 23.6 Å². The molecule has 1 aliphatic heterocycles. The third-order valence-electron chi connectivity index (χ3n) is 16.8. The van der Waals surface area contributed by atoms with Crippen LogP contribution in [-0.4, -0.2) is 81.1 Å². The number of amides is 4. The maximum absolute atomic E-state index is 14.0. The van der Waals surface area contributed by atoms with Crippen molar-refractivity contribution in [2.75, 3.05) is 13.1 Å². The molecule has 352 valence electrons. The van der Waals surface area contributed by atoms with Gasteiger partial charge in [0.05, 0.1) is 28.3 Å². The monoisotopic (exact) mass is 900 g/mol. The lowest BCUT2D eigenvalue weighted by atomic mass is 9.47. The largest absolute Gasteiger partial charge is 0.393 e. The number of allylic oxidation sites excluding steroid dienone is 1. The molecule has 0 radical (unpaired) electrons. The molecule has 11 nitrogen and oxygen atoms in total. The number of aliphatic hydroxyl groups excluding tert-OH is 2. The number of carbonyl (C=O) groups excluding carboxylic acids is 4. The van der Waals surface area contributed by atoms with Gasteiger partial charge in [-0.05, 0) is 135 Å². The van der Waals surface area contributed by atoms with E-state index in [1.807, 2.05) is 57.5 Å². The van der Waals surface area contributed by atoms with Crippen molar-refractivity contribution in [3.63, 3.8) is 0 Å². The van der Waals surface area contributed by atoms with Gasteiger partial charge in [-0.1, -0.05) is 83.9 Å². The van der Waals surface area contributed by atoms with E-state index in [1.54, 1.807) is 11.3 Å². The molecule has 0 spiro atoms. The molecule has 11 atom stereocenters. The topological polar surface area (TPSA) is 161 Å². The fraction of sp³-hybridized carbons (Fsp3) is 0.712. The van der Waals surface area contributed by atoms with Crippen LogP contribution in [0, 0.1) is 52.8 Å². The van der Waals surface area contributed by atoms with Crippen molar-refractivity contribution >= 4 is 35.0 Å². The maximum atomic E-state index is 14.0. The first-order chi connectivity index (χ1) is 30.4. The highest BCUT2D eigenvalue weighted by molar-refractivity contribution is 7.13. The number of benzene rings is 1. The van der Waals surface area contributed by atoms with Gasteiger partial charge >= 0.3 is 0 Å². The Morgan fingerprint density at radius 3 is 2.41 bits per heavy atom. The molecule has 1 saturated heterocycles. The van der Waals surface area contributed by atoms with E-state index in [0.717, 1.165) is 78.0 Å². The zero-order chi connectivity index (χ0) is 46.0. The van der Waals surface area contributed by atoms with Crippen LogP contribution >= 0.6 is 11.3 Å². The zero-order valence-electron chi connectivity index (χ0n) is 39.7. The smallest absolute Gasteiger partial charge is 0.246 e. The predicted molar refractivity (Wildman–Crippen MR) is 253 cm³/mol. The first-order valence-electron chi connectivity index (χ1n) is 24.6. The molecule has 4 aliphatic carbocycles. The summed E-state index contributed by atoms with van der Waals surface area (Å²) in [5.41, 5.74) is 6.29. The first-order valence-corrected chi connectivity index (χ1v) is 25.5. The van der Waals surface area contributed by atoms with Gasteiger partial charge in [-0.3, -0.25) is 19.2 Å². The summed E-state index contributed by atoms with van der Waals surface area (Å²) >= 11 is 1.59. The summed E-state index contributed by atoms with van der Waals surface area (Å²) in [6, 6.07) is 6.24. The summed E-state index contributed by atoms with van der Waals surface area (Å²) in [6.07, 6.45) is 14.8. The molecule has 1 aromatic carbocycles. The van der Waals surface area contributed by atoms with Gasteiger partial charge in [-0.2, -0.15) is 0 Å². The third kappa shape index (κ3) is 10.5. The zero-order valence-corrected chi connectivity index (χ0v) is 40.5. The van der Waals surface area contributed by atoms with Crippen molar-refractivity contribution in [1.29, 1.82) is 0 Å². The molecule has 2 heterocycles. The second-order valence-corrected chi connectivity index (χ2v) is 22.9. The lowest BCUT2D eigenvalue weighted by Gasteiger charge is -2.58. The molecule has 5 N–H and O–H groups in total. The van der Waals surface area contributed by atoms with E-state index in [0.29, 0.717) is 36.6 Å². The Morgan fingerprint density at radius 1 is 0.922 bits per heavy atom. The molecule has 0 bridgehead atoms. The summed E-state index contributed by atoms with van der Waals surface area (Å²) in [5, 5.41) is 30.0. The minimum absolute atomic E-state index is 0.0277. The van der Waals surface area contributed by atoms with Crippen LogP contribution in [0.3, 0.4) is 0 Å². The van der Waals surface area contributed by atoms with E-state index in [4.69, 9.17) is 0 Å². The number of hydrogen-bond donors (Lipinski definition) is 5. The number of unbranched alkanes of at least 4 members (excludes halogenated alkanes) is 2. The molecule has 12 heteroatoms. The fourth-order valence-corrected chi connectivity index (χ4v) is 13.9. The van der Waals surface area contributed by atoms with Crippen molar-refractivity contribution < 1.29 is 29.4 Å². The summed E-state index contributed by atoms with van der Waals surface area (Å²) in [7, 11) is 0. The predicted octanol–water partition coefficient (Wildman–Crippen LogP) is 8.26. The molecule has 7 rings (SSSR count). The van der Waals surface area contributed by atoms with Crippen LogP contribution in [0.15, 0.2) is 41.4 Å². The number of nitrogens with zero attached hydrogens (tertiary/aromatic N) is 2. The number of nitrogens with one attached hydrogen (secondary N) is 3. The average molecular weight is 900 g/mol. The highest BCUT2D eigenvalue weighted by atomic mass is 32.1. The minimum Gasteiger partial charge on any atom is -0.393 e. The number of hydrogen-bond acceptors (Lipinski definition) is 8. The molecule has 1 unspecified atom stereocenters. The van der Waals surface area contributed by atoms with Crippen LogP contribution in [-0.2, 0) is 25.7 Å². The van der Waals surface area contributed by atoms with Crippen molar-refractivity contribution in [3.8, 4) is 10.4 Å². The molecule has 1 aromatic heterocycles. The Balaban J connectivity index is 0.804. The second-order valence-electron chi connectivity index (χ2n) is 22.0. The normalized spacial score (nSPS) is 30.9. The SMILES string of the molecule is Cc1ncsc1-c1ccc(CNC(=O)C2C[C@@H](O)CN2C(=O)[C@@H](NC(=O)CCCCCNC(=O)CC[C@@H](C)[C@H]2CC[C@H]3[C@@H]4CC=C5C[C@@H](O)CC[C@]5(C)[C@H]4CC[C@]23C)C(C)(C)C)cc1. The molecule has 3 saturated carbocycles. The van der Waals surface area contributed by atoms with Crippen molar-refractivity contribution in [2.24, 2.45) is 45.8 Å².